The van der Waals surface area contributed by atoms with Crippen LogP contribution in [-0.4, -0.2) is 34.4 Å². The smallest absolute Gasteiger partial charge is 0.266 e. The van der Waals surface area contributed by atoms with Crippen LogP contribution < -0.4 is 14.8 Å². The van der Waals surface area contributed by atoms with Gasteiger partial charge in [0.1, 0.15) is 4.32 Å². The van der Waals surface area contributed by atoms with Gasteiger partial charge in [-0.05, 0) is 60.9 Å². The van der Waals surface area contributed by atoms with E-state index in [1.807, 2.05) is 24.3 Å². The quantitative estimate of drug-likeness (QED) is 0.302. The van der Waals surface area contributed by atoms with Crippen molar-refractivity contribution in [3.63, 3.8) is 0 Å². The van der Waals surface area contributed by atoms with Gasteiger partial charge in [-0.25, -0.2) is 0 Å². The number of thiocarbonyl (C=S) groups is 1. The Kier molecular flexibility index (Phi) is 7.34. The monoisotopic (exact) mass is 488 g/mol. The van der Waals surface area contributed by atoms with Crippen molar-refractivity contribution in [3.8, 4) is 11.5 Å². The number of ether oxygens (including phenoxy) is 2. The second kappa shape index (κ2) is 10.4. The van der Waals surface area contributed by atoms with Crippen molar-refractivity contribution < 1.29 is 19.1 Å². The number of carbonyl (C=O) groups is 2. The third-order valence-corrected chi connectivity index (χ3v) is 6.61. The van der Waals surface area contributed by atoms with Crippen LogP contribution in [0.5, 0.6) is 11.5 Å². The summed E-state index contributed by atoms with van der Waals surface area (Å²) in [5.41, 5.74) is 1.59. The summed E-state index contributed by atoms with van der Waals surface area (Å²) in [5.74, 6) is 1.26. The van der Waals surface area contributed by atoms with Crippen LogP contribution in [0.15, 0.2) is 47.4 Å². The summed E-state index contributed by atoms with van der Waals surface area (Å²) in [5, 5.41) is 3.48. The van der Waals surface area contributed by atoms with Crippen LogP contribution in [0.2, 0.25) is 5.02 Å². The van der Waals surface area contributed by atoms with E-state index in [1.165, 1.54) is 11.8 Å². The maximum Gasteiger partial charge on any atom is 0.266 e. The number of nitrogens with zero attached hydrogens (tertiary/aromatic N) is 1. The SMILES string of the molecule is O=C(CCCCCN1C(=O)/C(=C/c2ccc3c(c2)OCO3)SC1=S)Nc1ccc(Cl)cc1. The van der Waals surface area contributed by atoms with Gasteiger partial charge in [-0.1, -0.05) is 48.1 Å². The number of unbranched alkanes of at least 4 members (excludes halogenated alkanes) is 2. The Balaban J connectivity index is 1.22. The largest absolute Gasteiger partial charge is 0.454 e. The van der Waals surface area contributed by atoms with E-state index >= 15 is 0 Å². The predicted octanol–water partition coefficient (Wildman–Crippen LogP) is 5.47. The standard InChI is InChI=1S/C23H21ClN2O4S2/c24-16-6-8-17(9-7-16)25-21(27)4-2-1-3-11-26-22(28)20(32-23(26)31)13-15-5-10-18-19(12-15)30-14-29-18/h5-10,12-13H,1-4,11,14H2,(H,25,27)/b20-13-. The average Bonchev–Trinajstić information content (AvgIpc) is 3.34. The molecule has 2 aliphatic rings. The van der Waals surface area contributed by atoms with E-state index in [0.717, 1.165) is 30.5 Å². The minimum atomic E-state index is -0.0850. The van der Waals surface area contributed by atoms with Crippen LogP contribution in [0.1, 0.15) is 31.2 Å². The number of anilines is 1. The van der Waals surface area contributed by atoms with E-state index in [4.69, 9.17) is 33.3 Å². The molecule has 0 aromatic heterocycles. The third kappa shape index (κ3) is 5.62. The van der Waals surface area contributed by atoms with E-state index in [9.17, 15) is 9.59 Å². The summed E-state index contributed by atoms with van der Waals surface area (Å²) in [7, 11) is 0. The zero-order valence-electron chi connectivity index (χ0n) is 17.1. The molecular formula is C23H21ClN2O4S2. The van der Waals surface area contributed by atoms with Crippen molar-refractivity contribution in [1.29, 1.82) is 0 Å². The number of thioether (sulfide) groups is 1. The Bertz CT molecular complexity index is 1070. The zero-order chi connectivity index (χ0) is 22.5. The molecule has 32 heavy (non-hydrogen) atoms. The van der Waals surface area contributed by atoms with Crippen molar-refractivity contribution in [2.75, 3.05) is 18.7 Å². The number of amides is 2. The Morgan fingerprint density at radius 2 is 1.91 bits per heavy atom. The minimum absolute atomic E-state index is 0.0374. The fraction of sp³-hybridized carbons (Fsp3) is 0.261. The van der Waals surface area contributed by atoms with Gasteiger partial charge in [0.05, 0.1) is 4.91 Å². The molecule has 1 saturated heterocycles. The number of hydrogen-bond donors (Lipinski definition) is 1. The van der Waals surface area contributed by atoms with E-state index in [0.29, 0.717) is 38.7 Å². The molecular weight excluding hydrogens is 468 g/mol. The molecule has 2 aliphatic heterocycles. The van der Waals surface area contributed by atoms with E-state index < -0.39 is 0 Å². The first-order chi connectivity index (χ1) is 15.5. The summed E-state index contributed by atoms with van der Waals surface area (Å²) in [6.07, 6.45) is 4.58. The van der Waals surface area contributed by atoms with Crippen molar-refractivity contribution in [3.05, 3.63) is 58.0 Å². The van der Waals surface area contributed by atoms with Crippen LogP contribution in [0.25, 0.3) is 6.08 Å². The summed E-state index contributed by atoms with van der Waals surface area (Å²) in [4.78, 5) is 27.0. The lowest BCUT2D eigenvalue weighted by Crippen LogP contribution is -2.29. The Morgan fingerprint density at radius 1 is 1.12 bits per heavy atom. The minimum Gasteiger partial charge on any atom is -0.454 e. The fourth-order valence-electron chi connectivity index (χ4n) is 3.34. The topological polar surface area (TPSA) is 67.9 Å². The van der Waals surface area contributed by atoms with Gasteiger partial charge in [0.2, 0.25) is 12.7 Å². The molecule has 0 spiro atoms. The summed E-state index contributed by atoms with van der Waals surface area (Å²) < 4.78 is 11.3. The number of halogens is 1. The lowest BCUT2D eigenvalue weighted by atomic mass is 10.1. The van der Waals surface area contributed by atoms with Crippen molar-refractivity contribution in [2.45, 2.75) is 25.7 Å². The van der Waals surface area contributed by atoms with E-state index in [2.05, 4.69) is 5.32 Å². The first-order valence-electron chi connectivity index (χ1n) is 10.2. The highest BCUT2D eigenvalue weighted by Crippen LogP contribution is 2.36. The van der Waals surface area contributed by atoms with Crippen LogP contribution >= 0.6 is 35.6 Å². The molecule has 2 heterocycles. The number of carbonyl (C=O) groups excluding carboxylic acids is 2. The fourth-order valence-corrected chi connectivity index (χ4v) is 4.77. The molecule has 6 nitrogen and oxygen atoms in total. The average molecular weight is 489 g/mol. The number of fused-ring (bicyclic) bond motifs is 1. The van der Waals surface area contributed by atoms with Gasteiger partial charge >= 0.3 is 0 Å². The Morgan fingerprint density at radius 3 is 2.72 bits per heavy atom. The Hall–Kier alpha value is -2.55. The zero-order valence-corrected chi connectivity index (χ0v) is 19.5. The lowest BCUT2D eigenvalue weighted by molar-refractivity contribution is -0.122. The van der Waals surface area contributed by atoms with Crippen molar-refractivity contribution in [1.82, 2.24) is 4.90 Å². The van der Waals surface area contributed by atoms with Gasteiger partial charge in [0.25, 0.3) is 5.91 Å². The highest BCUT2D eigenvalue weighted by atomic mass is 35.5. The molecule has 0 saturated carbocycles. The van der Waals surface area contributed by atoms with E-state index in [1.54, 1.807) is 29.2 Å². The molecule has 4 rings (SSSR count). The van der Waals surface area contributed by atoms with Gasteiger partial charge in [0.15, 0.2) is 11.5 Å². The third-order valence-electron chi connectivity index (χ3n) is 4.98. The van der Waals surface area contributed by atoms with Crippen LogP contribution in [0, 0.1) is 0 Å². The molecule has 1 fully saturated rings. The van der Waals surface area contributed by atoms with Gasteiger partial charge < -0.3 is 14.8 Å². The second-order valence-electron chi connectivity index (χ2n) is 7.31. The molecule has 0 bridgehead atoms. The molecule has 2 aromatic rings. The first kappa shape index (κ1) is 22.6. The summed E-state index contributed by atoms with van der Waals surface area (Å²) in [6.45, 7) is 0.756. The molecule has 166 valence electrons. The number of nitrogens with one attached hydrogen (secondary N) is 1. The summed E-state index contributed by atoms with van der Waals surface area (Å²) >= 11 is 12.6. The number of benzene rings is 2. The molecule has 0 unspecified atom stereocenters. The highest BCUT2D eigenvalue weighted by molar-refractivity contribution is 8.26. The maximum absolute atomic E-state index is 12.8. The molecule has 0 radical (unpaired) electrons. The number of rotatable bonds is 8. The van der Waals surface area contributed by atoms with Crippen LogP contribution in [0.4, 0.5) is 5.69 Å². The highest BCUT2D eigenvalue weighted by Gasteiger charge is 2.31. The predicted molar refractivity (Wildman–Crippen MR) is 131 cm³/mol. The maximum atomic E-state index is 12.8. The van der Waals surface area contributed by atoms with E-state index in [-0.39, 0.29) is 18.6 Å². The molecule has 1 N–H and O–H groups in total. The van der Waals surface area contributed by atoms with Gasteiger partial charge in [0, 0.05) is 23.7 Å². The van der Waals surface area contributed by atoms with Crippen LogP contribution in [-0.2, 0) is 9.59 Å². The van der Waals surface area contributed by atoms with Crippen molar-refractivity contribution >= 4 is 63.5 Å². The molecule has 0 aliphatic carbocycles. The Labute approximate surface area is 200 Å². The van der Waals surface area contributed by atoms with Crippen LogP contribution in [0.3, 0.4) is 0 Å². The van der Waals surface area contributed by atoms with Crippen molar-refractivity contribution in [2.24, 2.45) is 0 Å². The first-order valence-corrected chi connectivity index (χ1v) is 11.8. The van der Waals surface area contributed by atoms with Gasteiger partial charge in [-0.2, -0.15) is 0 Å². The lowest BCUT2D eigenvalue weighted by Gasteiger charge is -2.14. The number of hydrogen-bond acceptors (Lipinski definition) is 6. The second-order valence-corrected chi connectivity index (χ2v) is 9.42. The molecule has 2 aromatic carbocycles. The normalized spacial score (nSPS) is 16.2. The van der Waals surface area contributed by atoms with Gasteiger partial charge in [-0.15, -0.1) is 0 Å². The van der Waals surface area contributed by atoms with Gasteiger partial charge in [-0.3, -0.25) is 14.5 Å². The molecule has 9 heteroatoms. The summed E-state index contributed by atoms with van der Waals surface area (Å²) in [6, 6.07) is 12.6. The molecule has 2 amide bonds. The molecule has 0 atom stereocenters.